The highest BCUT2D eigenvalue weighted by molar-refractivity contribution is 6.31. The van der Waals surface area contributed by atoms with E-state index in [2.05, 4.69) is 33.2 Å². The number of methoxy groups -OCH3 is 1. The third-order valence-corrected chi connectivity index (χ3v) is 8.14. The highest BCUT2D eigenvalue weighted by Gasteiger charge is 2.38. The fraction of sp³-hybridized carbons (Fsp3) is 0.483. The summed E-state index contributed by atoms with van der Waals surface area (Å²) < 4.78 is 16.0. The van der Waals surface area contributed by atoms with Crippen molar-refractivity contribution in [3.05, 3.63) is 58.6 Å². The molecule has 8 nitrogen and oxygen atoms in total. The van der Waals surface area contributed by atoms with E-state index in [4.69, 9.17) is 30.7 Å². The van der Waals surface area contributed by atoms with Crippen LogP contribution in [0.5, 0.6) is 0 Å². The number of aromatic nitrogens is 2. The van der Waals surface area contributed by atoms with Gasteiger partial charge in [0.2, 0.25) is 5.82 Å². The highest BCUT2D eigenvalue weighted by Crippen LogP contribution is 2.38. The monoisotopic (exact) mass is 539 g/mol. The van der Waals surface area contributed by atoms with Gasteiger partial charge < -0.3 is 19.1 Å². The average Bonchev–Trinajstić information content (AvgIpc) is 3.41. The molecule has 0 atom stereocenters. The average molecular weight is 540 g/mol. The molecule has 2 aromatic carbocycles. The van der Waals surface area contributed by atoms with Crippen molar-refractivity contribution in [2.45, 2.75) is 63.0 Å². The molecule has 0 amide bonds. The van der Waals surface area contributed by atoms with Crippen LogP contribution in [0.1, 0.15) is 62.0 Å². The first-order chi connectivity index (χ1) is 18.4. The molecule has 1 aliphatic carbocycles. The molecule has 2 fully saturated rings. The molecule has 2 heterocycles. The standard InChI is InChI=1S/C29H34ClN3O5/c1-36-19-29(37-28(34)35)13-15-33(16-14-29)18-20-7-9-22(10-8-20)26-31-27(38-32-26)23-11-12-24(25(30)17-23)21-5-3-2-4-6-21/h7-12,17,21H,2-6,13-16,18-19H2,1H3,(H,34,35). The van der Waals surface area contributed by atoms with E-state index >= 15 is 0 Å². The molecular weight excluding hydrogens is 506 g/mol. The molecule has 38 heavy (non-hydrogen) atoms. The van der Waals surface area contributed by atoms with Crippen molar-refractivity contribution in [2.75, 3.05) is 26.8 Å². The van der Waals surface area contributed by atoms with Crippen LogP contribution < -0.4 is 0 Å². The molecule has 1 N–H and O–H groups in total. The highest BCUT2D eigenvalue weighted by atomic mass is 35.5. The maximum absolute atomic E-state index is 11.1. The SMILES string of the molecule is COCC1(OC(=O)O)CCN(Cc2ccc(-c3noc(-c4ccc(C5CCCCC5)c(Cl)c4)n3)cc2)CC1. The summed E-state index contributed by atoms with van der Waals surface area (Å²) in [7, 11) is 1.57. The molecule has 1 aromatic heterocycles. The van der Waals surface area contributed by atoms with E-state index in [9.17, 15) is 4.79 Å². The van der Waals surface area contributed by atoms with Gasteiger partial charge >= 0.3 is 6.16 Å². The first kappa shape index (κ1) is 26.7. The summed E-state index contributed by atoms with van der Waals surface area (Å²) >= 11 is 6.65. The number of hydrogen-bond donors (Lipinski definition) is 1. The topological polar surface area (TPSA) is 97.9 Å². The largest absolute Gasteiger partial charge is 0.506 e. The van der Waals surface area contributed by atoms with Crippen LogP contribution in [-0.2, 0) is 16.0 Å². The zero-order valence-electron chi connectivity index (χ0n) is 21.7. The van der Waals surface area contributed by atoms with Crippen LogP contribution in [0.4, 0.5) is 4.79 Å². The maximum Gasteiger partial charge on any atom is 0.506 e. The second-order valence-electron chi connectivity index (χ2n) is 10.5. The summed E-state index contributed by atoms with van der Waals surface area (Å²) in [5.41, 5.74) is 3.31. The Hall–Kier alpha value is -2.94. The smallest absolute Gasteiger partial charge is 0.450 e. The lowest BCUT2D eigenvalue weighted by Crippen LogP contribution is -2.49. The molecule has 3 aromatic rings. The Morgan fingerprint density at radius 2 is 1.82 bits per heavy atom. The van der Waals surface area contributed by atoms with Gasteiger partial charge in [-0.3, -0.25) is 4.90 Å². The van der Waals surface area contributed by atoms with Crippen LogP contribution >= 0.6 is 11.6 Å². The number of halogens is 1. The Morgan fingerprint density at radius 3 is 2.47 bits per heavy atom. The number of piperidine rings is 1. The molecule has 0 radical (unpaired) electrons. The van der Waals surface area contributed by atoms with Crippen LogP contribution in [0.25, 0.3) is 22.8 Å². The van der Waals surface area contributed by atoms with E-state index in [1.54, 1.807) is 7.11 Å². The fourth-order valence-corrected chi connectivity index (χ4v) is 6.06. The number of rotatable bonds is 8. The van der Waals surface area contributed by atoms with Gasteiger partial charge in [0.25, 0.3) is 5.89 Å². The van der Waals surface area contributed by atoms with Crippen LogP contribution in [0, 0.1) is 0 Å². The summed E-state index contributed by atoms with van der Waals surface area (Å²) in [6.45, 7) is 2.49. The van der Waals surface area contributed by atoms with Crippen molar-refractivity contribution in [1.29, 1.82) is 0 Å². The minimum atomic E-state index is -1.25. The van der Waals surface area contributed by atoms with Gasteiger partial charge in [-0.1, -0.05) is 66.4 Å². The van der Waals surface area contributed by atoms with Crippen LogP contribution in [0.3, 0.4) is 0 Å². The van der Waals surface area contributed by atoms with Gasteiger partial charge in [0.15, 0.2) is 0 Å². The van der Waals surface area contributed by atoms with Crippen molar-refractivity contribution in [3.63, 3.8) is 0 Å². The van der Waals surface area contributed by atoms with Gasteiger partial charge in [0.1, 0.15) is 5.60 Å². The Balaban J connectivity index is 1.20. The summed E-state index contributed by atoms with van der Waals surface area (Å²) in [6, 6.07) is 14.2. The second kappa shape index (κ2) is 11.8. The lowest BCUT2D eigenvalue weighted by atomic mass is 9.84. The predicted molar refractivity (Wildman–Crippen MR) is 144 cm³/mol. The Labute approximate surface area is 227 Å². The minimum Gasteiger partial charge on any atom is -0.450 e. The van der Waals surface area contributed by atoms with E-state index in [0.29, 0.717) is 30.5 Å². The molecule has 1 aliphatic heterocycles. The Kier molecular flexibility index (Phi) is 8.31. The van der Waals surface area contributed by atoms with Crippen molar-refractivity contribution in [3.8, 4) is 22.8 Å². The third-order valence-electron chi connectivity index (χ3n) is 7.82. The first-order valence-corrected chi connectivity index (χ1v) is 13.7. The van der Waals surface area contributed by atoms with Gasteiger partial charge in [-0.25, -0.2) is 4.79 Å². The van der Waals surface area contributed by atoms with Gasteiger partial charge in [-0.2, -0.15) is 4.98 Å². The predicted octanol–water partition coefficient (Wildman–Crippen LogP) is 6.78. The van der Waals surface area contributed by atoms with Gasteiger partial charge in [0, 0.05) is 55.7 Å². The van der Waals surface area contributed by atoms with Crippen LogP contribution in [0.2, 0.25) is 5.02 Å². The van der Waals surface area contributed by atoms with Crippen molar-refractivity contribution in [2.24, 2.45) is 0 Å². The number of carbonyl (C=O) groups is 1. The molecule has 1 saturated heterocycles. The van der Waals surface area contributed by atoms with Gasteiger partial charge in [0.05, 0.1) is 6.61 Å². The zero-order valence-corrected chi connectivity index (χ0v) is 22.5. The Morgan fingerprint density at radius 1 is 1.11 bits per heavy atom. The van der Waals surface area contributed by atoms with Gasteiger partial charge in [-0.05, 0) is 42.0 Å². The summed E-state index contributed by atoms with van der Waals surface area (Å²) in [5.74, 6) is 1.53. The summed E-state index contributed by atoms with van der Waals surface area (Å²) in [5, 5.41) is 14.1. The molecule has 0 spiro atoms. The Bertz CT molecular complexity index is 1230. The molecule has 202 valence electrons. The van der Waals surface area contributed by atoms with Crippen molar-refractivity contribution in [1.82, 2.24) is 15.0 Å². The maximum atomic E-state index is 11.1. The zero-order chi connectivity index (χ0) is 26.5. The van der Waals surface area contributed by atoms with Crippen LogP contribution in [-0.4, -0.2) is 58.7 Å². The molecule has 5 rings (SSSR count). The first-order valence-electron chi connectivity index (χ1n) is 13.3. The van der Waals surface area contributed by atoms with Gasteiger partial charge in [-0.15, -0.1) is 0 Å². The minimum absolute atomic E-state index is 0.269. The van der Waals surface area contributed by atoms with E-state index in [1.807, 2.05) is 24.3 Å². The molecular formula is C29H34ClN3O5. The fourth-order valence-electron chi connectivity index (χ4n) is 5.72. The molecule has 1 saturated carbocycles. The molecule has 0 unspecified atom stereocenters. The molecule has 2 aliphatic rings. The third kappa shape index (κ3) is 6.20. The summed E-state index contributed by atoms with van der Waals surface area (Å²) in [4.78, 5) is 18.0. The van der Waals surface area contributed by atoms with Crippen molar-refractivity contribution >= 4 is 17.8 Å². The second-order valence-corrected chi connectivity index (χ2v) is 10.9. The van der Waals surface area contributed by atoms with Crippen molar-refractivity contribution < 1.29 is 23.9 Å². The number of carboxylic acid groups (broad SMARTS) is 1. The summed E-state index contributed by atoms with van der Waals surface area (Å²) in [6.07, 6.45) is 6.19. The van der Waals surface area contributed by atoms with E-state index < -0.39 is 11.8 Å². The lowest BCUT2D eigenvalue weighted by Gasteiger charge is -2.39. The molecule has 9 heteroatoms. The lowest BCUT2D eigenvalue weighted by molar-refractivity contribution is -0.0937. The van der Waals surface area contributed by atoms with E-state index in [1.165, 1.54) is 37.7 Å². The van der Waals surface area contributed by atoms with E-state index in [-0.39, 0.29) is 6.61 Å². The number of ether oxygens (including phenoxy) is 2. The normalized spacial score (nSPS) is 18.4. The number of hydrogen-bond acceptors (Lipinski definition) is 7. The van der Waals surface area contributed by atoms with E-state index in [0.717, 1.165) is 41.3 Å². The quantitative estimate of drug-likeness (QED) is 0.313. The number of likely N-dealkylation sites (tertiary alicyclic amines) is 1. The molecule has 0 bridgehead atoms. The van der Waals surface area contributed by atoms with Crippen LogP contribution in [0.15, 0.2) is 47.0 Å². The number of nitrogens with zero attached hydrogens (tertiary/aromatic N) is 3. The number of benzene rings is 2.